The molecule has 5 heteroatoms. The van der Waals surface area contributed by atoms with Crippen LogP contribution in [-0.4, -0.2) is 28.7 Å². The molecule has 0 spiro atoms. The zero-order chi connectivity index (χ0) is 14.6. The highest BCUT2D eigenvalue weighted by Crippen LogP contribution is 2.37. The third-order valence-electron chi connectivity index (χ3n) is 4.02. The van der Waals surface area contributed by atoms with Crippen LogP contribution in [-0.2, 0) is 0 Å². The van der Waals surface area contributed by atoms with Gasteiger partial charge in [0.15, 0.2) is 5.69 Å². The molecule has 1 fully saturated rings. The van der Waals surface area contributed by atoms with Crippen molar-refractivity contribution >= 4 is 11.7 Å². The molecule has 20 heavy (non-hydrogen) atoms. The normalized spacial score (nSPS) is 20.6. The molecule has 1 atom stereocenters. The fourth-order valence-corrected chi connectivity index (χ4v) is 2.63. The lowest BCUT2D eigenvalue weighted by atomic mass is 9.87. The zero-order valence-electron chi connectivity index (χ0n) is 12.6. The van der Waals surface area contributed by atoms with Crippen molar-refractivity contribution in [2.24, 2.45) is 5.41 Å². The molecule has 1 saturated carbocycles. The molecule has 0 radical (unpaired) electrons. The molecule has 2 rings (SSSR count). The van der Waals surface area contributed by atoms with Crippen molar-refractivity contribution in [3.63, 3.8) is 0 Å². The molecule has 0 aromatic carbocycles. The molecule has 0 aliphatic heterocycles. The Bertz CT molecular complexity index is 455. The Hall–Kier alpha value is -1.65. The number of carbonyl (C=O) groups excluding carboxylic acids is 1. The summed E-state index contributed by atoms with van der Waals surface area (Å²) >= 11 is 0. The van der Waals surface area contributed by atoms with Crippen LogP contribution in [0.2, 0.25) is 0 Å². The summed E-state index contributed by atoms with van der Waals surface area (Å²) in [7, 11) is 0. The third-order valence-corrected chi connectivity index (χ3v) is 4.02. The molecular formula is C15H24N4O. The average molecular weight is 276 g/mol. The highest BCUT2D eigenvalue weighted by molar-refractivity contribution is 5.92. The van der Waals surface area contributed by atoms with Gasteiger partial charge in [0.05, 0.1) is 0 Å². The van der Waals surface area contributed by atoms with Crippen LogP contribution in [0.4, 0.5) is 5.82 Å². The molecule has 1 unspecified atom stereocenters. The van der Waals surface area contributed by atoms with E-state index in [1.807, 2.05) is 0 Å². The standard InChI is InChI=1S/C15H24N4O/c1-4-10-16-13-8-7-11(18-19-13)14(20)17-12-6-5-9-15(12,2)3/h7-8,12H,4-6,9-10H2,1-3H3,(H,16,19)(H,17,20). The first-order chi connectivity index (χ1) is 9.53. The second kappa shape index (κ2) is 6.20. The average Bonchev–Trinajstić information content (AvgIpc) is 2.76. The number of rotatable bonds is 5. The van der Waals surface area contributed by atoms with Gasteiger partial charge < -0.3 is 10.6 Å². The molecule has 5 nitrogen and oxygen atoms in total. The van der Waals surface area contributed by atoms with Gasteiger partial charge in [0, 0.05) is 12.6 Å². The Morgan fingerprint density at radius 2 is 2.20 bits per heavy atom. The van der Waals surface area contributed by atoms with E-state index in [1.54, 1.807) is 12.1 Å². The number of anilines is 1. The van der Waals surface area contributed by atoms with Gasteiger partial charge in [-0.2, -0.15) is 0 Å². The molecule has 1 aliphatic rings. The van der Waals surface area contributed by atoms with Gasteiger partial charge in [-0.1, -0.05) is 27.2 Å². The maximum atomic E-state index is 12.2. The van der Waals surface area contributed by atoms with Gasteiger partial charge in [-0.25, -0.2) is 0 Å². The summed E-state index contributed by atoms with van der Waals surface area (Å²) in [5, 5.41) is 14.3. The van der Waals surface area contributed by atoms with E-state index in [0.29, 0.717) is 11.5 Å². The minimum Gasteiger partial charge on any atom is -0.369 e. The van der Waals surface area contributed by atoms with Gasteiger partial charge >= 0.3 is 0 Å². The van der Waals surface area contributed by atoms with Gasteiger partial charge in [0.1, 0.15) is 5.82 Å². The van der Waals surface area contributed by atoms with Crippen LogP contribution in [0.3, 0.4) is 0 Å². The van der Waals surface area contributed by atoms with Crippen molar-refractivity contribution in [2.45, 2.75) is 52.5 Å². The van der Waals surface area contributed by atoms with E-state index in [0.717, 1.165) is 25.8 Å². The first-order valence-electron chi connectivity index (χ1n) is 7.41. The van der Waals surface area contributed by atoms with Crippen molar-refractivity contribution < 1.29 is 4.79 Å². The van der Waals surface area contributed by atoms with Gasteiger partial charge in [-0.15, -0.1) is 10.2 Å². The molecule has 1 aromatic rings. The summed E-state index contributed by atoms with van der Waals surface area (Å²) in [6, 6.07) is 3.76. The van der Waals surface area contributed by atoms with Gasteiger partial charge in [0.25, 0.3) is 5.91 Å². The van der Waals surface area contributed by atoms with Crippen molar-refractivity contribution in [3.05, 3.63) is 17.8 Å². The lowest BCUT2D eigenvalue weighted by Crippen LogP contribution is -2.41. The number of nitrogens with zero attached hydrogens (tertiary/aromatic N) is 2. The van der Waals surface area contributed by atoms with E-state index in [9.17, 15) is 4.79 Å². The summed E-state index contributed by atoms with van der Waals surface area (Å²) in [6.45, 7) is 7.35. The molecule has 2 N–H and O–H groups in total. The van der Waals surface area contributed by atoms with Gasteiger partial charge in [0.2, 0.25) is 0 Å². The largest absolute Gasteiger partial charge is 0.369 e. The SMILES string of the molecule is CCCNc1ccc(C(=O)NC2CCCC2(C)C)nn1. The van der Waals surface area contributed by atoms with Crippen molar-refractivity contribution in [1.29, 1.82) is 0 Å². The van der Waals surface area contributed by atoms with Crippen LogP contribution in [0.1, 0.15) is 56.9 Å². The molecule has 1 heterocycles. The summed E-state index contributed by atoms with van der Waals surface area (Å²) in [5.41, 5.74) is 0.556. The lowest BCUT2D eigenvalue weighted by Gasteiger charge is -2.27. The minimum absolute atomic E-state index is 0.125. The van der Waals surface area contributed by atoms with Crippen LogP contribution >= 0.6 is 0 Å². The van der Waals surface area contributed by atoms with Crippen LogP contribution in [0, 0.1) is 5.41 Å². The zero-order valence-corrected chi connectivity index (χ0v) is 12.6. The van der Waals surface area contributed by atoms with Crippen molar-refractivity contribution in [3.8, 4) is 0 Å². The summed E-state index contributed by atoms with van der Waals surface area (Å²) in [5.74, 6) is 0.587. The molecule has 1 amide bonds. The number of carbonyl (C=O) groups is 1. The maximum Gasteiger partial charge on any atom is 0.272 e. The molecule has 110 valence electrons. The maximum absolute atomic E-state index is 12.2. The number of amides is 1. The topological polar surface area (TPSA) is 66.9 Å². The Kier molecular flexibility index (Phi) is 4.57. The second-order valence-electron chi connectivity index (χ2n) is 6.14. The van der Waals surface area contributed by atoms with E-state index in [1.165, 1.54) is 6.42 Å². The smallest absolute Gasteiger partial charge is 0.272 e. The number of nitrogens with one attached hydrogen (secondary N) is 2. The van der Waals surface area contributed by atoms with E-state index in [-0.39, 0.29) is 17.4 Å². The summed E-state index contributed by atoms with van der Waals surface area (Å²) in [6.07, 6.45) is 4.40. The van der Waals surface area contributed by atoms with Crippen molar-refractivity contribution in [2.75, 3.05) is 11.9 Å². The van der Waals surface area contributed by atoms with E-state index in [2.05, 4.69) is 41.6 Å². The van der Waals surface area contributed by atoms with Crippen LogP contribution in [0.25, 0.3) is 0 Å². The second-order valence-corrected chi connectivity index (χ2v) is 6.14. The molecule has 0 bridgehead atoms. The highest BCUT2D eigenvalue weighted by atomic mass is 16.2. The van der Waals surface area contributed by atoms with Gasteiger partial charge in [-0.05, 0) is 36.8 Å². The Morgan fingerprint density at radius 1 is 1.40 bits per heavy atom. The first-order valence-corrected chi connectivity index (χ1v) is 7.41. The Balaban J connectivity index is 1.95. The Labute approximate surface area is 120 Å². The highest BCUT2D eigenvalue weighted by Gasteiger charge is 2.35. The van der Waals surface area contributed by atoms with E-state index < -0.39 is 0 Å². The van der Waals surface area contributed by atoms with Crippen LogP contribution < -0.4 is 10.6 Å². The van der Waals surface area contributed by atoms with Gasteiger partial charge in [-0.3, -0.25) is 4.79 Å². The number of aromatic nitrogens is 2. The molecular weight excluding hydrogens is 252 g/mol. The predicted molar refractivity (Wildman–Crippen MR) is 79.7 cm³/mol. The number of hydrogen-bond donors (Lipinski definition) is 2. The van der Waals surface area contributed by atoms with Crippen LogP contribution in [0.5, 0.6) is 0 Å². The minimum atomic E-state index is -0.125. The molecule has 0 saturated heterocycles. The van der Waals surface area contributed by atoms with E-state index >= 15 is 0 Å². The third kappa shape index (κ3) is 3.46. The quantitative estimate of drug-likeness (QED) is 0.867. The summed E-state index contributed by atoms with van der Waals surface area (Å²) < 4.78 is 0. The predicted octanol–water partition coefficient (Wildman–Crippen LogP) is 2.61. The fraction of sp³-hybridized carbons (Fsp3) is 0.667. The van der Waals surface area contributed by atoms with Crippen LogP contribution in [0.15, 0.2) is 12.1 Å². The molecule has 1 aliphatic carbocycles. The Morgan fingerprint density at radius 3 is 2.75 bits per heavy atom. The first kappa shape index (κ1) is 14.8. The lowest BCUT2D eigenvalue weighted by molar-refractivity contribution is 0.0904. The van der Waals surface area contributed by atoms with E-state index in [4.69, 9.17) is 0 Å². The summed E-state index contributed by atoms with van der Waals surface area (Å²) in [4.78, 5) is 12.2. The number of hydrogen-bond acceptors (Lipinski definition) is 4. The molecule has 1 aromatic heterocycles. The monoisotopic (exact) mass is 276 g/mol. The van der Waals surface area contributed by atoms with Crippen molar-refractivity contribution in [1.82, 2.24) is 15.5 Å². The fourth-order valence-electron chi connectivity index (χ4n) is 2.63.